The lowest BCUT2D eigenvalue weighted by atomic mass is 9.90. The standard InChI is InChI=1S/C16H26N2O/c1-13-3-5-14(6-4-13)12-18(2)16(11-17)15-7-9-19-10-8-15/h3-6,15-16H,7-12,17H2,1-2H3. The van der Waals surface area contributed by atoms with Crippen LogP contribution in [-0.2, 0) is 11.3 Å². The molecule has 1 aliphatic rings. The van der Waals surface area contributed by atoms with Crippen molar-refractivity contribution < 1.29 is 4.74 Å². The normalized spacial score (nSPS) is 18.7. The van der Waals surface area contributed by atoms with E-state index in [9.17, 15) is 0 Å². The van der Waals surface area contributed by atoms with E-state index < -0.39 is 0 Å². The van der Waals surface area contributed by atoms with Crippen molar-refractivity contribution >= 4 is 0 Å². The number of likely N-dealkylation sites (N-methyl/N-ethyl adjacent to an activating group) is 1. The van der Waals surface area contributed by atoms with Crippen LogP contribution in [0.4, 0.5) is 0 Å². The average Bonchev–Trinajstić information content (AvgIpc) is 2.43. The van der Waals surface area contributed by atoms with Crippen molar-refractivity contribution in [3.63, 3.8) is 0 Å². The highest BCUT2D eigenvalue weighted by Crippen LogP contribution is 2.22. The molecule has 106 valence electrons. The highest BCUT2D eigenvalue weighted by Gasteiger charge is 2.26. The Labute approximate surface area is 116 Å². The van der Waals surface area contributed by atoms with Crippen molar-refractivity contribution in [2.75, 3.05) is 26.8 Å². The Kier molecular flexibility index (Phi) is 5.37. The van der Waals surface area contributed by atoms with Gasteiger partial charge in [-0.3, -0.25) is 4.90 Å². The van der Waals surface area contributed by atoms with Crippen molar-refractivity contribution in [2.45, 2.75) is 32.4 Å². The molecule has 0 aliphatic carbocycles. The van der Waals surface area contributed by atoms with E-state index in [1.165, 1.54) is 11.1 Å². The summed E-state index contributed by atoms with van der Waals surface area (Å²) in [7, 11) is 2.19. The monoisotopic (exact) mass is 262 g/mol. The van der Waals surface area contributed by atoms with Crippen molar-refractivity contribution in [2.24, 2.45) is 11.7 Å². The number of aryl methyl sites for hydroxylation is 1. The van der Waals surface area contributed by atoms with Crippen LogP contribution in [0, 0.1) is 12.8 Å². The van der Waals surface area contributed by atoms with Gasteiger partial charge >= 0.3 is 0 Å². The second-order valence-electron chi connectivity index (χ2n) is 5.65. The first kappa shape index (κ1) is 14.5. The molecule has 0 amide bonds. The lowest BCUT2D eigenvalue weighted by Crippen LogP contribution is -2.44. The molecule has 1 fully saturated rings. The van der Waals surface area contributed by atoms with Crippen molar-refractivity contribution in [1.29, 1.82) is 0 Å². The van der Waals surface area contributed by atoms with Gasteiger partial charge in [0.2, 0.25) is 0 Å². The van der Waals surface area contributed by atoms with Gasteiger partial charge in [-0.05, 0) is 38.3 Å². The maximum absolute atomic E-state index is 6.00. The van der Waals surface area contributed by atoms with E-state index in [0.717, 1.165) is 39.1 Å². The van der Waals surface area contributed by atoms with Crippen LogP contribution in [0.3, 0.4) is 0 Å². The number of benzene rings is 1. The van der Waals surface area contributed by atoms with Crippen LogP contribution in [0.1, 0.15) is 24.0 Å². The maximum atomic E-state index is 6.00. The van der Waals surface area contributed by atoms with Crippen LogP contribution < -0.4 is 5.73 Å². The summed E-state index contributed by atoms with van der Waals surface area (Å²) in [6.45, 7) is 5.60. The van der Waals surface area contributed by atoms with E-state index >= 15 is 0 Å². The summed E-state index contributed by atoms with van der Waals surface area (Å²) in [6, 6.07) is 9.24. The second kappa shape index (κ2) is 7.04. The molecule has 2 rings (SSSR count). The molecule has 1 atom stereocenters. The summed E-state index contributed by atoms with van der Waals surface area (Å²) in [5, 5.41) is 0. The van der Waals surface area contributed by atoms with Gasteiger partial charge in [0.1, 0.15) is 0 Å². The number of hydrogen-bond donors (Lipinski definition) is 1. The van der Waals surface area contributed by atoms with Gasteiger partial charge in [-0.1, -0.05) is 29.8 Å². The molecule has 1 aromatic carbocycles. The first-order chi connectivity index (χ1) is 9.20. The number of rotatable bonds is 5. The van der Waals surface area contributed by atoms with E-state index in [1.54, 1.807) is 0 Å². The number of ether oxygens (including phenoxy) is 1. The van der Waals surface area contributed by atoms with E-state index in [2.05, 4.69) is 43.1 Å². The number of hydrogen-bond acceptors (Lipinski definition) is 3. The number of nitrogens with two attached hydrogens (primary N) is 1. The first-order valence-corrected chi connectivity index (χ1v) is 7.24. The molecule has 0 spiro atoms. The molecule has 2 N–H and O–H groups in total. The van der Waals surface area contributed by atoms with Crippen LogP contribution in [-0.4, -0.2) is 37.7 Å². The molecule has 1 saturated heterocycles. The van der Waals surface area contributed by atoms with Crippen molar-refractivity contribution in [1.82, 2.24) is 4.90 Å². The second-order valence-corrected chi connectivity index (χ2v) is 5.65. The van der Waals surface area contributed by atoms with Gasteiger partial charge in [-0.2, -0.15) is 0 Å². The maximum Gasteiger partial charge on any atom is 0.0469 e. The fourth-order valence-corrected chi connectivity index (χ4v) is 2.93. The largest absolute Gasteiger partial charge is 0.381 e. The molecule has 1 unspecified atom stereocenters. The lowest BCUT2D eigenvalue weighted by Gasteiger charge is -2.36. The molecule has 3 nitrogen and oxygen atoms in total. The van der Waals surface area contributed by atoms with E-state index in [0.29, 0.717) is 12.0 Å². The zero-order valence-corrected chi connectivity index (χ0v) is 12.1. The molecule has 1 aromatic rings. The Hall–Kier alpha value is -0.900. The van der Waals surface area contributed by atoms with Crippen molar-refractivity contribution in [3.05, 3.63) is 35.4 Å². The summed E-state index contributed by atoms with van der Waals surface area (Å²) in [4.78, 5) is 2.40. The highest BCUT2D eigenvalue weighted by molar-refractivity contribution is 5.21. The highest BCUT2D eigenvalue weighted by atomic mass is 16.5. The molecule has 3 heteroatoms. The molecular weight excluding hydrogens is 236 g/mol. The summed E-state index contributed by atoms with van der Waals surface area (Å²) in [6.07, 6.45) is 2.28. The van der Waals surface area contributed by atoms with E-state index in [-0.39, 0.29) is 0 Å². The summed E-state index contributed by atoms with van der Waals surface area (Å²) < 4.78 is 5.45. The first-order valence-electron chi connectivity index (χ1n) is 7.24. The van der Waals surface area contributed by atoms with Crippen LogP contribution >= 0.6 is 0 Å². The molecule has 0 aromatic heterocycles. The molecule has 1 aliphatic heterocycles. The Morgan fingerprint density at radius 2 is 1.89 bits per heavy atom. The zero-order valence-electron chi connectivity index (χ0n) is 12.1. The van der Waals surface area contributed by atoms with Crippen LogP contribution in [0.5, 0.6) is 0 Å². The predicted molar refractivity (Wildman–Crippen MR) is 79.0 cm³/mol. The molecule has 0 radical (unpaired) electrons. The minimum absolute atomic E-state index is 0.463. The molecule has 19 heavy (non-hydrogen) atoms. The lowest BCUT2D eigenvalue weighted by molar-refractivity contribution is 0.0321. The van der Waals surface area contributed by atoms with Crippen LogP contribution in [0.2, 0.25) is 0 Å². The quantitative estimate of drug-likeness (QED) is 0.884. The van der Waals surface area contributed by atoms with Gasteiger partial charge in [0.05, 0.1) is 0 Å². The van der Waals surface area contributed by atoms with Gasteiger partial charge in [-0.25, -0.2) is 0 Å². The Balaban J connectivity index is 1.95. The molecule has 0 bridgehead atoms. The molecule has 0 saturated carbocycles. The fraction of sp³-hybridized carbons (Fsp3) is 0.625. The van der Waals surface area contributed by atoms with Gasteiger partial charge in [0.25, 0.3) is 0 Å². The van der Waals surface area contributed by atoms with Crippen molar-refractivity contribution in [3.8, 4) is 0 Å². The summed E-state index contributed by atoms with van der Waals surface area (Å²) >= 11 is 0. The SMILES string of the molecule is Cc1ccc(CN(C)C(CN)C2CCOCC2)cc1. The topological polar surface area (TPSA) is 38.5 Å². The Morgan fingerprint density at radius 1 is 1.26 bits per heavy atom. The molecular formula is C16H26N2O. The third-order valence-electron chi connectivity index (χ3n) is 4.17. The smallest absolute Gasteiger partial charge is 0.0469 e. The Bertz CT molecular complexity index is 371. The molecule has 1 heterocycles. The third kappa shape index (κ3) is 4.03. The van der Waals surface area contributed by atoms with Gasteiger partial charge < -0.3 is 10.5 Å². The van der Waals surface area contributed by atoms with Gasteiger partial charge in [-0.15, -0.1) is 0 Å². The minimum atomic E-state index is 0.463. The van der Waals surface area contributed by atoms with Gasteiger partial charge in [0.15, 0.2) is 0 Å². The minimum Gasteiger partial charge on any atom is -0.381 e. The van der Waals surface area contributed by atoms with E-state index in [4.69, 9.17) is 10.5 Å². The summed E-state index contributed by atoms with van der Waals surface area (Å²) in [5.41, 5.74) is 8.67. The zero-order chi connectivity index (χ0) is 13.7. The van der Waals surface area contributed by atoms with Gasteiger partial charge in [0, 0.05) is 32.3 Å². The predicted octanol–water partition coefficient (Wildman–Crippen LogP) is 2.18. The van der Waals surface area contributed by atoms with E-state index in [1.807, 2.05) is 0 Å². The van der Waals surface area contributed by atoms with Crippen LogP contribution in [0.25, 0.3) is 0 Å². The summed E-state index contributed by atoms with van der Waals surface area (Å²) in [5.74, 6) is 0.675. The number of nitrogens with zero attached hydrogens (tertiary/aromatic N) is 1. The third-order valence-corrected chi connectivity index (χ3v) is 4.17. The average molecular weight is 262 g/mol. The van der Waals surface area contributed by atoms with Crippen LogP contribution in [0.15, 0.2) is 24.3 Å². The fourth-order valence-electron chi connectivity index (χ4n) is 2.93. The Morgan fingerprint density at radius 3 is 2.47 bits per heavy atom.